The number of fused-ring (bicyclic) bond motifs is 1. The highest BCUT2D eigenvalue weighted by Crippen LogP contribution is 2.08. The molecule has 0 saturated carbocycles. The van der Waals surface area contributed by atoms with E-state index in [1.54, 1.807) is 12.1 Å². The molecule has 2 aromatic rings. The Morgan fingerprint density at radius 1 is 1.30 bits per heavy atom. The highest BCUT2D eigenvalue weighted by atomic mass is 16.3. The quantitative estimate of drug-likeness (QED) is 0.854. The highest BCUT2D eigenvalue weighted by molar-refractivity contribution is 5.91. The Kier molecular flexibility index (Phi) is 4.57. The lowest BCUT2D eigenvalue weighted by atomic mass is 10.0. The first-order chi connectivity index (χ1) is 9.61. The number of aromatic nitrogens is 3. The second-order valence-electron chi connectivity index (χ2n) is 4.79. The summed E-state index contributed by atoms with van der Waals surface area (Å²) in [5, 5.41) is 20.2. The summed E-state index contributed by atoms with van der Waals surface area (Å²) in [5.41, 5.74) is 1.26. The third-order valence-electron chi connectivity index (χ3n) is 3.34. The molecule has 0 aliphatic carbocycles. The van der Waals surface area contributed by atoms with Crippen molar-refractivity contribution < 1.29 is 9.90 Å². The predicted molar refractivity (Wildman–Crippen MR) is 75.1 cm³/mol. The molecule has 1 aromatic carbocycles. The van der Waals surface area contributed by atoms with Gasteiger partial charge in [0.25, 0.3) is 5.91 Å². The van der Waals surface area contributed by atoms with Crippen molar-refractivity contribution in [3.05, 3.63) is 30.1 Å². The Morgan fingerprint density at radius 2 is 2.00 bits per heavy atom. The number of nitrogens with zero attached hydrogens (tertiary/aromatic N) is 3. The van der Waals surface area contributed by atoms with Gasteiger partial charge in [0.15, 0.2) is 0 Å². The monoisotopic (exact) mass is 274 g/mol. The van der Waals surface area contributed by atoms with Gasteiger partial charge < -0.3 is 10.4 Å². The molecule has 6 heteroatoms. The minimum absolute atomic E-state index is 0.0139. The van der Waals surface area contributed by atoms with Gasteiger partial charge in [0.05, 0.1) is 11.6 Å². The number of benzene rings is 1. The third-order valence-corrected chi connectivity index (χ3v) is 3.34. The average molecular weight is 274 g/mol. The van der Waals surface area contributed by atoms with Crippen LogP contribution in [0.4, 0.5) is 0 Å². The van der Waals surface area contributed by atoms with E-state index in [4.69, 9.17) is 0 Å². The van der Waals surface area contributed by atoms with E-state index in [1.165, 1.54) is 0 Å². The second kappa shape index (κ2) is 6.38. The zero-order valence-corrected chi connectivity index (χ0v) is 11.6. The summed E-state index contributed by atoms with van der Waals surface area (Å²) in [7, 11) is 0. The summed E-state index contributed by atoms with van der Waals surface area (Å²) in [6.07, 6.45) is 0.280. The van der Waals surface area contributed by atoms with Gasteiger partial charge >= 0.3 is 0 Å². The minimum atomic E-state index is -0.572. The van der Waals surface area contributed by atoms with Crippen molar-refractivity contribution in [3.8, 4) is 0 Å². The molecular formula is C14H18N4O2. The summed E-state index contributed by atoms with van der Waals surface area (Å²) in [4.78, 5) is 16.1. The van der Waals surface area contributed by atoms with Crippen molar-refractivity contribution in [1.82, 2.24) is 20.5 Å². The topological polar surface area (TPSA) is 88.0 Å². The molecule has 20 heavy (non-hydrogen) atoms. The summed E-state index contributed by atoms with van der Waals surface area (Å²) in [6, 6.07) is 7.21. The van der Waals surface area contributed by atoms with E-state index in [-0.39, 0.29) is 18.3 Å². The molecular weight excluding hydrogens is 256 g/mol. The number of amides is 1. The Morgan fingerprint density at radius 3 is 2.70 bits per heavy atom. The maximum absolute atomic E-state index is 11.9. The average Bonchev–Trinajstić information content (AvgIpc) is 2.50. The van der Waals surface area contributed by atoms with Crippen molar-refractivity contribution in [2.45, 2.75) is 26.4 Å². The summed E-state index contributed by atoms with van der Waals surface area (Å²) < 4.78 is 0. The summed E-state index contributed by atoms with van der Waals surface area (Å²) in [6.45, 7) is 4.11. The predicted octanol–water partition coefficient (Wildman–Crippen LogP) is 1.16. The molecule has 0 radical (unpaired) electrons. The third kappa shape index (κ3) is 3.27. The van der Waals surface area contributed by atoms with Crippen LogP contribution in [0.5, 0.6) is 0 Å². The largest absolute Gasteiger partial charge is 0.391 e. The first-order valence-electron chi connectivity index (χ1n) is 6.67. The van der Waals surface area contributed by atoms with E-state index in [0.29, 0.717) is 11.0 Å². The molecule has 0 aliphatic rings. The van der Waals surface area contributed by atoms with Crippen LogP contribution in [-0.2, 0) is 0 Å². The van der Waals surface area contributed by atoms with E-state index in [9.17, 15) is 9.90 Å². The molecule has 106 valence electrons. The zero-order chi connectivity index (χ0) is 14.5. The lowest BCUT2D eigenvalue weighted by molar-refractivity contribution is 0.0841. The molecule has 2 N–H and O–H groups in total. The standard InChI is InChI=1S/C14H18N4O2/c1-3-9(2)12(19)8-15-14(20)13-16-10-6-4-5-7-11(10)17-18-13/h4-7,9,12,19H,3,8H2,1-2H3,(H,15,20). The van der Waals surface area contributed by atoms with Gasteiger partial charge in [-0.05, 0) is 18.1 Å². The molecule has 0 saturated heterocycles. The molecule has 1 amide bonds. The molecule has 1 aromatic heterocycles. The molecule has 2 unspecified atom stereocenters. The fourth-order valence-corrected chi connectivity index (χ4v) is 1.73. The number of nitrogens with one attached hydrogen (secondary N) is 1. The minimum Gasteiger partial charge on any atom is -0.391 e. The Labute approximate surface area is 117 Å². The molecule has 2 rings (SSSR count). The molecule has 0 bridgehead atoms. The van der Waals surface area contributed by atoms with E-state index in [2.05, 4.69) is 20.5 Å². The molecule has 0 aliphatic heterocycles. The van der Waals surface area contributed by atoms with Crippen LogP contribution >= 0.6 is 0 Å². The summed E-state index contributed by atoms with van der Waals surface area (Å²) >= 11 is 0. The van der Waals surface area contributed by atoms with Crippen LogP contribution in [0.3, 0.4) is 0 Å². The van der Waals surface area contributed by atoms with Crippen molar-refractivity contribution >= 4 is 16.9 Å². The van der Waals surface area contributed by atoms with Crippen LogP contribution in [-0.4, -0.2) is 38.8 Å². The Hall–Kier alpha value is -2.08. The Balaban J connectivity index is 2.04. The van der Waals surface area contributed by atoms with E-state index in [1.807, 2.05) is 26.0 Å². The first-order valence-corrected chi connectivity index (χ1v) is 6.67. The van der Waals surface area contributed by atoms with Crippen molar-refractivity contribution in [3.63, 3.8) is 0 Å². The van der Waals surface area contributed by atoms with Crippen molar-refractivity contribution in [2.75, 3.05) is 6.54 Å². The van der Waals surface area contributed by atoms with Crippen LogP contribution < -0.4 is 5.32 Å². The first kappa shape index (κ1) is 14.3. The van der Waals surface area contributed by atoms with E-state index < -0.39 is 12.0 Å². The molecule has 1 heterocycles. The lowest BCUT2D eigenvalue weighted by Gasteiger charge is -2.17. The number of hydrogen-bond donors (Lipinski definition) is 2. The fraction of sp³-hybridized carbons (Fsp3) is 0.429. The van der Waals surface area contributed by atoms with E-state index in [0.717, 1.165) is 6.42 Å². The summed E-state index contributed by atoms with van der Waals surface area (Å²) in [5.74, 6) is -0.281. The molecule has 0 spiro atoms. The van der Waals surface area contributed by atoms with Crippen LogP contribution in [0.25, 0.3) is 11.0 Å². The van der Waals surface area contributed by atoms with Gasteiger partial charge in [-0.3, -0.25) is 4.79 Å². The number of aliphatic hydroxyl groups excluding tert-OH is 1. The van der Waals surface area contributed by atoms with Gasteiger partial charge in [-0.1, -0.05) is 32.4 Å². The lowest BCUT2D eigenvalue weighted by Crippen LogP contribution is -2.36. The SMILES string of the molecule is CCC(C)C(O)CNC(=O)c1nnc2ccccc2n1. The number of para-hydroxylation sites is 1. The normalized spacial score (nSPS) is 13.9. The number of carbonyl (C=O) groups is 1. The zero-order valence-electron chi connectivity index (χ0n) is 11.6. The smallest absolute Gasteiger partial charge is 0.291 e. The molecule has 6 nitrogen and oxygen atoms in total. The van der Waals surface area contributed by atoms with Gasteiger partial charge in [0.2, 0.25) is 5.82 Å². The van der Waals surface area contributed by atoms with Gasteiger partial charge in [-0.25, -0.2) is 4.98 Å². The van der Waals surface area contributed by atoms with Gasteiger partial charge in [-0.2, -0.15) is 0 Å². The van der Waals surface area contributed by atoms with Gasteiger partial charge in [0, 0.05) is 6.54 Å². The second-order valence-corrected chi connectivity index (χ2v) is 4.79. The maximum Gasteiger partial charge on any atom is 0.291 e. The number of hydrogen-bond acceptors (Lipinski definition) is 5. The maximum atomic E-state index is 11.9. The van der Waals surface area contributed by atoms with Crippen molar-refractivity contribution in [2.24, 2.45) is 5.92 Å². The van der Waals surface area contributed by atoms with Crippen LogP contribution in [0.2, 0.25) is 0 Å². The number of aliphatic hydroxyl groups is 1. The molecule has 0 fully saturated rings. The highest BCUT2D eigenvalue weighted by Gasteiger charge is 2.16. The van der Waals surface area contributed by atoms with Crippen LogP contribution in [0, 0.1) is 5.92 Å². The fourth-order valence-electron chi connectivity index (χ4n) is 1.73. The van der Waals surface area contributed by atoms with Crippen LogP contribution in [0.1, 0.15) is 30.9 Å². The number of rotatable bonds is 5. The number of carbonyl (C=O) groups excluding carboxylic acids is 1. The van der Waals surface area contributed by atoms with Crippen molar-refractivity contribution in [1.29, 1.82) is 0 Å². The van der Waals surface area contributed by atoms with Crippen LogP contribution in [0.15, 0.2) is 24.3 Å². The van der Waals surface area contributed by atoms with E-state index >= 15 is 0 Å². The molecule has 2 atom stereocenters. The van der Waals surface area contributed by atoms with Gasteiger partial charge in [-0.15, -0.1) is 10.2 Å². The van der Waals surface area contributed by atoms with Gasteiger partial charge in [0.1, 0.15) is 5.52 Å². The Bertz CT molecular complexity index is 602.